The minimum atomic E-state index is 0.643. The molecule has 0 unspecified atom stereocenters. The first-order valence-corrected chi connectivity index (χ1v) is 8.09. The zero-order valence-electron chi connectivity index (χ0n) is 12.8. The van der Waals surface area contributed by atoms with Gasteiger partial charge in [0.15, 0.2) is 16.6 Å². The van der Waals surface area contributed by atoms with Crippen LogP contribution in [0.5, 0.6) is 0 Å². The molecule has 4 rings (SSSR count). The van der Waals surface area contributed by atoms with E-state index < -0.39 is 0 Å². The van der Waals surface area contributed by atoms with Gasteiger partial charge in [-0.15, -0.1) is 11.3 Å². The second-order valence-electron chi connectivity index (χ2n) is 5.08. The van der Waals surface area contributed by atoms with Crippen molar-refractivity contribution in [2.75, 3.05) is 0 Å². The van der Waals surface area contributed by atoms with Crippen LogP contribution in [0.1, 0.15) is 10.7 Å². The Balaban J connectivity index is 1.56. The first-order valence-electron chi connectivity index (χ1n) is 7.28. The van der Waals surface area contributed by atoms with Gasteiger partial charge in [0.25, 0.3) is 0 Å². The average molecular weight is 335 g/mol. The Kier molecular flexibility index (Phi) is 3.76. The van der Waals surface area contributed by atoms with Crippen LogP contribution in [-0.4, -0.2) is 24.7 Å². The molecule has 7 heteroatoms. The molecule has 4 aromatic rings. The highest BCUT2D eigenvalue weighted by molar-refractivity contribution is 7.15. The third-order valence-electron chi connectivity index (χ3n) is 3.33. The fourth-order valence-corrected chi connectivity index (χ4v) is 2.99. The van der Waals surface area contributed by atoms with Gasteiger partial charge in [-0.1, -0.05) is 0 Å². The predicted molar refractivity (Wildman–Crippen MR) is 93.0 cm³/mol. The topological polar surface area (TPSA) is 69.6 Å². The van der Waals surface area contributed by atoms with Crippen molar-refractivity contribution in [2.24, 2.45) is 7.05 Å². The van der Waals surface area contributed by atoms with Gasteiger partial charge in [0.1, 0.15) is 0 Å². The van der Waals surface area contributed by atoms with E-state index in [0.29, 0.717) is 5.82 Å². The van der Waals surface area contributed by atoms with Crippen molar-refractivity contribution >= 4 is 23.5 Å². The van der Waals surface area contributed by atoms with Crippen LogP contribution >= 0.6 is 11.3 Å². The second-order valence-corrected chi connectivity index (χ2v) is 6.14. The Hall–Kier alpha value is -3.06. The fourth-order valence-electron chi connectivity index (χ4n) is 2.20. The minimum Gasteiger partial charge on any atom is -0.462 e. The first-order chi connectivity index (χ1) is 11.8. The molecule has 4 heterocycles. The smallest absolute Gasteiger partial charge is 0.162 e. The van der Waals surface area contributed by atoms with Gasteiger partial charge < -0.3 is 4.42 Å². The van der Waals surface area contributed by atoms with Gasteiger partial charge in [-0.05, 0) is 30.4 Å². The number of aromatic nitrogens is 5. The van der Waals surface area contributed by atoms with Crippen molar-refractivity contribution in [1.82, 2.24) is 24.7 Å². The lowest BCUT2D eigenvalue weighted by Crippen LogP contribution is -1.89. The maximum Gasteiger partial charge on any atom is 0.162 e. The van der Waals surface area contributed by atoms with Crippen molar-refractivity contribution in [1.29, 1.82) is 0 Å². The summed E-state index contributed by atoms with van der Waals surface area (Å²) in [6.07, 6.45) is 12.7. The summed E-state index contributed by atoms with van der Waals surface area (Å²) < 4.78 is 7.10. The fraction of sp³-hybridized carbons (Fsp3) is 0.0588. The average Bonchev–Trinajstić information content (AvgIpc) is 3.34. The zero-order chi connectivity index (χ0) is 16.4. The molecule has 0 fully saturated rings. The quantitative estimate of drug-likeness (QED) is 0.568. The van der Waals surface area contributed by atoms with Crippen molar-refractivity contribution < 1.29 is 4.42 Å². The Bertz CT molecular complexity index is 984. The molecule has 0 aliphatic rings. The number of aryl methyl sites for hydroxylation is 1. The zero-order valence-corrected chi connectivity index (χ0v) is 13.6. The molecule has 0 aliphatic heterocycles. The van der Waals surface area contributed by atoms with Crippen LogP contribution in [0, 0.1) is 0 Å². The molecule has 0 radical (unpaired) electrons. The molecular weight excluding hydrogens is 322 g/mol. The lowest BCUT2D eigenvalue weighted by atomic mass is 10.2. The maximum atomic E-state index is 5.35. The number of hydrogen-bond donors (Lipinski definition) is 0. The summed E-state index contributed by atoms with van der Waals surface area (Å²) in [6, 6.07) is 5.62. The van der Waals surface area contributed by atoms with Crippen molar-refractivity contribution in [3.8, 4) is 22.0 Å². The summed E-state index contributed by atoms with van der Waals surface area (Å²) in [5.74, 6) is 1.42. The standard InChI is InChI=1S/C17H13N5OS/c1-22-11-12(9-20-22)14-6-7-18-16(21-14)5-4-13-10-19-17(24-13)15-3-2-8-23-15/h2-11H,1H3. The van der Waals surface area contributed by atoms with Crippen LogP contribution in [0.15, 0.2) is 53.7 Å². The molecule has 0 saturated heterocycles. The molecule has 24 heavy (non-hydrogen) atoms. The molecule has 0 bridgehead atoms. The summed E-state index contributed by atoms with van der Waals surface area (Å²) in [5.41, 5.74) is 1.81. The number of nitrogens with zero attached hydrogens (tertiary/aromatic N) is 5. The minimum absolute atomic E-state index is 0.643. The lowest BCUT2D eigenvalue weighted by Gasteiger charge is -1.97. The number of furan rings is 1. The highest BCUT2D eigenvalue weighted by Gasteiger charge is 2.06. The lowest BCUT2D eigenvalue weighted by molar-refractivity contribution is 0.582. The van der Waals surface area contributed by atoms with Crippen LogP contribution in [0.2, 0.25) is 0 Å². The van der Waals surface area contributed by atoms with E-state index in [0.717, 1.165) is 26.9 Å². The van der Waals surface area contributed by atoms with E-state index in [1.165, 1.54) is 0 Å². The number of thiazole rings is 1. The molecule has 4 aromatic heterocycles. The molecule has 0 atom stereocenters. The van der Waals surface area contributed by atoms with Gasteiger partial charge >= 0.3 is 0 Å². The van der Waals surface area contributed by atoms with Gasteiger partial charge in [0.2, 0.25) is 0 Å². The molecule has 6 nitrogen and oxygen atoms in total. The summed E-state index contributed by atoms with van der Waals surface area (Å²) in [7, 11) is 1.88. The van der Waals surface area contributed by atoms with Crippen LogP contribution < -0.4 is 0 Å². The third-order valence-corrected chi connectivity index (χ3v) is 4.30. The van der Waals surface area contributed by atoms with Crippen molar-refractivity contribution in [2.45, 2.75) is 0 Å². The van der Waals surface area contributed by atoms with Crippen molar-refractivity contribution in [3.63, 3.8) is 0 Å². The van der Waals surface area contributed by atoms with Gasteiger partial charge in [-0.3, -0.25) is 4.68 Å². The molecule has 0 amide bonds. The third kappa shape index (κ3) is 3.02. The van der Waals surface area contributed by atoms with Gasteiger partial charge in [-0.25, -0.2) is 15.0 Å². The Morgan fingerprint density at radius 3 is 2.92 bits per heavy atom. The summed E-state index contributed by atoms with van der Waals surface area (Å²) in [5, 5.41) is 5.02. The van der Waals surface area contributed by atoms with E-state index in [9.17, 15) is 0 Å². The molecule has 0 spiro atoms. The van der Waals surface area contributed by atoms with E-state index in [4.69, 9.17) is 4.42 Å². The monoisotopic (exact) mass is 335 g/mol. The predicted octanol–water partition coefficient (Wildman–Crippen LogP) is 3.76. The Morgan fingerprint density at radius 1 is 1.17 bits per heavy atom. The largest absolute Gasteiger partial charge is 0.462 e. The molecule has 0 aliphatic carbocycles. The molecule has 0 saturated carbocycles. The molecule has 118 valence electrons. The highest BCUT2D eigenvalue weighted by Crippen LogP contribution is 2.26. The normalized spacial score (nSPS) is 11.4. The second kappa shape index (κ2) is 6.21. The highest BCUT2D eigenvalue weighted by atomic mass is 32.1. The van der Waals surface area contributed by atoms with Gasteiger partial charge in [0, 0.05) is 36.1 Å². The van der Waals surface area contributed by atoms with Gasteiger partial charge in [-0.2, -0.15) is 5.10 Å². The van der Waals surface area contributed by atoms with E-state index in [2.05, 4.69) is 20.1 Å². The van der Waals surface area contributed by atoms with E-state index in [-0.39, 0.29) is 0 Å². The Labute approximate surface area is 142 Å². The van der Waals surface area contributed by atoms with Crippen molar-refractivity contribution in [3.05, 3.63) is 60.0 Å². The SMILES string of the molecule is Cn1cc(-c2ccnc(C=Cc3cnc(-c4ccco4)s3)n2)cn1. The first kappa shape index (κ1) is 14.5. The van der Waals surface area contributed by atoms with E-state index in [1.54, 1.807) is 34.7 Å². The molecular formula is C17H13N5OS. The summed E-state index contributed by atoms with van der Waals surface area (Å²) in [4.78, 5) is 14.2. The van der Waals surface area contributed by atoms with Gasteiger partial charge in [0.05, 0.1) is 18.2 Å². The van der Waals surface area contributed by atoms with Crippen LogP contribution in [0.25, 0.3) is 34.2 Å². The van der Waals surface area contributed by atoms with Crippen LogP contribution in [-0.2, 0) is 7.05 Å². The van der Waals surface area contributed by atoms with Crippen LogP contribution in [0.3, 0.4) is 0 Å². The van der Waals surface area contributed by atoms with Crippen LogP contribution in [0.4, 0.5) is 0 Å². The Morgan fingerprint density at radius 2 is 2.12 bits per heavy atom. The maximum absolute atomic E-state index is 5.35. The summed E-state index contributed by atoms with van der Waals surface area (Å²) in [6.45, 7) is 0. The molecule has 0 N–H and O–H groups in total. The molecule has 0 aromatic carbocycles. The van der Waals surface area contributed by atoms with E-state index in [1.807, 2.05) is 49.8 Å². The number of hydrogen-bond acceptors (Lipinski definition) is 6. The van der Waals surface area contributed by atoms with E-state index >= 15 is 0 Å². The number of rotatable bonds is 4. The summed E-state index contributed by atoms with van der Waals surface area (Å²) >= 11 is 1.55.